The molecular formula is C35H33F2N7O2S. The van der Waals surface area contributed by atoms with E-state index in [9.17, 15) is 5.26 Å². The SMILES string of the molecule is C=C1CN2CC(=C)CC2(COc2nc(N3C4CCC3CNC4)c3c4c(c(-c5ccc(F)c6sc(N)c(C#N)c56)c(F)c3n2)COC4)C1. The molecule has 2 aromatic carbocycles. The average Bonchev–Trinajstić information content (AvgIpc) is 3.84. The van der Waals surface area contributed by atoms with Gasteiger partial charge in [0.05, 0.1) is 34.4 Å². The van der Waals surface area contributed by atoms with E-state index in [0.717, 1.165) is 79.9 Å². The van der Waals surface area contributed by atoms with Gasteiger partial charge in [-0.15, -0.1) is 11.3 Å². The van der Waals surface area contributed by atoms with E-state index in [1.54, 1.807) is 0 Å². The van der Waals surface area contributed by atoms with E-state index in [4.69, 9.17) is 25.2 Å². The van der Waals surface area contributed by atoms with Crippen molar-refractivity contribution < 1.29 is 18.3 Å². The molecule has 47 heavy (non-hydrogen) atoms. The van der Waals surface area contributed by atoms with Gasteiger partial charge in [0.1, 0.15) is 34.8 Å². The summed E-state index contributed by atoms with van der Waals surface area (Å²) in [7, 11) is 0. The van der Waals surface area contributed by atoms with Gasteiger partial charge in [0.15, 0.2) is 5.82 Å². The molecule has 0 radical (unpaired) electrons. The Bertz CT molecular complexity index is 2070. The predicted molar refractivity (Wildman–Crippen MR) is 177 cm³/mol. The minimum absolute atomic E-state index is 0.111. The molecule has 240 valence electrons. The van der Waals surface area contributed by atoms with Gasteiger partial charge in [-0.2, -0.15) is 15.2 Å². The lowest BCUT2D eigenvalue weighted by Gasteiger charge is -2.37. The van der Waals surface area contributed by atoms with E-state index in [-0.39, 0.29) is 63.2 Å². The third-order valence-corrected chi connectivity index (χ3v) is 11.7. The van der Waals surface area contributed by atoms with E-state index in [0.29, 0.717) is 34.3 Å². The zero-order valence-electron chi connectivity index (χ0n) is 25.8. The predicted octanol–water partition coefficient (Wildman–Crippen LogP) is 5.55. The monoisotopic (exact) mass is 653 g/mol. The van der Waals surface area contributed by atoms with Crippen molar-refractivity contribution in [2.24, 2.45) is 0 Å². The number of anilines is 2. The Morgan fingerprint density at radius 3 is 2.53 bits per heavy atom. The first kappa shape index (κ1) is 29.0. The molecule has 5 aliphatic heterocycles. The Balaban J connectivity index is 1.27. The lowest BCUT2D eigenvalue weighted by atomic mass is 9.90. The maximum Gasteiger partial charge on any atom is 0.319 e. The van der Waals surface area contributed by atoms with Gasteiger partial charge in [0.25, 0.3) is 0 Å². The van der Waals surface area contributed by atoms with Gasteiger partial charge < -0.3 is 25.4 Å². The van der Waals surface area contributed by atoms with Crippen LogP contribution < -0.4 is 20.7 Å². The molecule has 4 fully saturated rings. The number of nitrogen functional groups attached to an aromatic ring is 1. The average molecular weight is 654 g/mol. The van der Waals surface area contributed by atoms with E-state index in [1.807, 2.05) is 0 Å². The normalized spacial score (nSPS) is 23.2. The number of piperazine rings is 1. The van der Waals surface area contributed by atoms with Crippen LogP contribution in [0.25, 0.3) is 32.1 Å². The van der Waals surface area contributed by atoms with Gasteiger partial charge in [0, 0.05) is 49.2 Å². The van der Waals surface area contributed by atoms with Crippen LogP contribution in [0.4, 0.5) is 19.6 Å². The number of nitrogens with one attached hydrogen (secondary N) is 1. The zero-order valence-corrected chi connectivity index (χ0v) is 26.6. The number of halogens is 2. The van der Waals surface area contributed by atoms with Gasteiger partial charge in [-0.3, -0.25) is 4.90 Å². The van der Waals surface area contributed by atoms with Gasteiger partial charge in [0.2, 0.25) is 0 Å². The summed E-state index contributed by atoms with van der Waals surface area (Å²) in [4.78, 5) is 14.5. The number of hydrogen-bond donors (Lipinski definition) is 2. The summed E-state index contributed by atoms with van der Waals surface area (Å²) >= 11 is 0.990. The van der Waals surface area contributed by atoms with Crippen molar-refractivity contribution in [3.8, 4) is 23.2 Å². The highest BCUT2D eigenvalue weighted by Gasteiger charge is 2.48. The fourth-order valence-electron chi connectivity index (χ4n) is 8.81. The summed E-state index contributed by atoms with van der Waals surface area (Å²) in [5, 5.41) is 14.6. The van der Waals surface area contributed by atoms with Crippen molar-refractivity contribution >= 4 is 43.1 Å². The molecule has 9 rings (SSSR count). The van der Waals surface area contributed by atoms with Gasteiger partial charge in [-0.05, 0) is 48.4 Å². The molecule has 4 aromatic rings. The van der Waals surface area contributed by atoms with Crippen LogP contribution in [0, 0.1) is 23.0 Å². The lowest BCUT2D eigenvalue weighted by molar-refractivity contribution is 0.108. The summed E-state index contributed by atoms with van der Waals surface area (Å²) in [5.74, 6) is -0.429. The Hall–Kier alpha value is -4.15. The van der Waals surface area contributed by atoms with Gasteiger partial charge in [-0.25, -0.2) is 8.78 Å². The Morgan fingerprint density at radius 2 is 1.81 bits per heavy atom. The van der Waals surface area contributed by atoms with Crippen LogP contribution in [0.5, 0.6) is 6.01 Å². The van der Waals surface area contributed by atoms with Crippen LogP contribution in [0.3, 0.4) is 0 Å². The van der Waals surface area contributed by atoms with Crippen molar-refractivity contribution in [2.75, 3.05) is 43.4 Å². The Labute approximate surface area is 274 Å². The molecule has 12 heteroatoms. The molecule has 3 N–H and O–H groups in total. The van der Waals surface area contributed by atoms with Gasteiger partial charge >= 0.3 is 6.01 Å². The number of aromatic nitrogens is 2. The number of nitrogens with zero attached hydrogens (tertiary/aromatic N) is 5. The number of nitrogens with two attached hydrogens (primary N) is 1. The number of fused-ring (bicyclic) bond motifs is 7. The second kappa shape index (κ2) is 10.4. The molecular weight excluding hydrogens is 620 g/mol. The minimum atomic E-state index is -0.579. The number of ether oxygens (including phenoxy) is 2. The van der Waals surface area contributed by atoms with Crippen molar-refractivity contribution in [1.82, 2.24) is 20.2 Å². The first-order valence-corrected chi connectivity index (χ1v) is 16.8. The maximum atomic E-state index is 17.4. The Morgan fingerprint density at radius 1 is 1.09 bits per heavy atom. The third kappa shape index (κ3) is 4.20. The fourth-order valence-corrected chi connectivity index (χ4v) is 9.76. The summed E-state index contributed by atoms with van der Waals surface area (Å²) in [6.45, 7) is 12.4. The lowest BCUT2D eigenvalue weighted by Crippen LogP contribution is -2.52. The molecule has 0 amide bonds. The quantitative estimate of drug-likeness (QED) is 0.268. The summed E-state index contributed by atoms with van der Waals surface area (Å²) < 4.78 is 45.1. The molecule has 5 aliphatic rings. The fraction of sp³-hybridized carbons (Fsp3) is 0.400. The van der Waals surface area contributed by atoms with E-state index in [1.165, 1.54) is 12.1 Å². The highest BCUT2D eigenvalue weighted by atomic mass is 32.1. The molecule has 4 saturated heterocycles. The smallest absolute Gasteiger partial charge is 0.319 e. The maximum absolute atomic E-state index is 17.4. The van der Waals surface area contributed by atoms with E-state index < -0.39 is 11.6 Å². The third-order valence-electron chi connectivity index (χ3n) is 10.7. The molecule has 0 saturated carbocycles. The summed E-state index contributed by atoms with van der Waals surface area (Å²) in [6, 6.07) is 5.46. The Kier molecular flexibility index (Phi) is 6.44. The molecule has 2 bridgehead atoms. The minimum Gasteiger partial charge on any atom is -0.461 e. The van der Waals surface area contributed by atoms with Gasteiger partial charge in [-0.1, -0.05) is 30.4 Å². The molecule has 2 atom stereocenters. The zero-order chi connectivity index (χ0) is 32.2. The first-order chi connectivity index (χ1) is 22.8. The number of benzene rings is 2. The molecule has 0 aliphatic carbocycles. The topological polar surface area (TPSA) is 113 Å². The van der Waals surface area contributed by atoms with Crippen molar-refractivity contribution in [3.05, 3.63) is 64.8 Å². The van der Waals surface area contributed by atoms with Crippen LogP contribution in [0.15, 0.2) is 36.4 Å². The first-order valence-electron chi connectivity index (χ1n) is 16.0. The van der Waals surface area contributed by atoms with Crippen molar-refractivity contribution in [1.29, 1.82) is 5.26 Å². The van der Waals surface area contributed by atoms with Crippen LogP contribution in [-0.2, 0) is 18.0 Å². The number of thiophene rings is 1. The largest absolute Gasteiger partial charge is 0.461 e. The van der Waals surface area contributed by atoms with E-state index in [2.05, 4.69) is 34.3 Å². The van der Waals surface area contributed by atoms with Crippen molar-refractivity contribution in [2.45, 2.75) is 56.5 Å². The molecule has 7 heterocycles. The molecule has 2 unspecified atom stereocenters. The number of nitriles is 1. The molecule has 2 aromatic heterocycles. The highest BCUT2D eigenvalue weighted by molar-refractivity contribution is 7.23. The van der Waals surface area contributed by atoms with Crippen LogP contribution in [0.2, 0.25) is 0 Å². The van der Waals surface area contributed by atoms with Crippen molar-refractivity contribution in [3.63, 3.8) is 0 Å². The van der Waals surface area contributed by atoms with Crippen LogP contribution >= 0.6 is 11.3 Å². The summed E-state index contributed by atoms with van der Waals surface area (Å²) in [5.41, 5.74) is 10.5. The highest BCUT2D eigenvalue weighted by Crippen LogP contribution is 2.49. The van der Waals surface area contributed by atoms with Crippen LogP contribution in [-0.4, -0.2) is 65.3 Å². The molecule has 9 nitrogen and oxygen atoms in total. The second-order valence-corrected chi connectivity index (χ2v) is 14.7. The summed E-state index contributed by atoms with van der Waals surface area (Å²) in [6.07, 6.45) is 3.60. The van der Waals surface area contributed by atoms with E-state index >= 15 is 8.78 Å². The standard InChI is InChI=1S/C35H33F2N7O2S/c1-17-7-35(8-18(2)13-43(35)12-17)16-46-34-41-30-28(33(42-34)44-19-3-4-20(44)11-40-10-19)24-15-45-14-23(24)26(29(30)37)21-5-6-25(36)31-27(21)22(9-38)32(39)47-31/h5-6,19-20,40H,1-4,7-8,10-16,39H2. The molecule has 0 spiro atoms. The number of hydrogen-bond acceptors (Lipinski definition) is 10. The second-order valence-electron chi connectivity index (χ2n) is 13.6. The van der Waals surface area contributed by atoms with Crippen LogP contribution in [0.1, 0.15) is 42.4 Å². The number of rotatable bonds is 5.